The second-order valence-electron chi connectivity index (χ2n) is 4.85. The molecule has 1 aromatic carbocycles. The Kier molecular flexibility index (Phi) is 4.88. The maximum absolute atomic E-state index is 12.1. The molecule has 0 saturated carbocycles. The lowest BCUT2D eigenvalue weighted by molar-refractivity contribution is -0.274. The smallest absolute Gasteiger partial charge is 0.406 e. The van der Waals surface area contributed by atoms with Crippen LogP contribution in [0.4, 0.5) is 13.2 Å². The SMILES string of the molecule is OC(CCC1CCCO1)c1cccc(OC(F)(F)F)c1. The predicted molar refractivity (Wildman–Crippen MR) is 66.3 cm³/mol. The highest BCUT2D eigenvalue weighted by molar-refractivity contribution is 5.30. The van der Waals surface area contributed by atoms with Gasteiger partial charge in [-0.25, -0.2) is 0 Å². The lowest BCUT2D eigenvalue weighted by atomic mass is 10.0. The van der Waals surface area contributed by atoms with Gasteiger partial charge in [-0.15, -0.1) is 13.2 Å². The van der Waals surface area contributed by atoms with Crippen molar-refractivity contribution in [1.82, 2.24) is 0 Å². The number of hydrogen-bond acceptors (Lipinski definition) is 3. The molecular formula is C14H17F3O3. The van der Waals surface area contributed by atoms with E-state index in [0.717, 1.165) is 19.4 Å². The van der Waals surface area contributed by atoms with Crippen LogP contribution in [0.3, 0.4) is 0 Å². The third-order valence-corrected chi connectivity index (χ3v) is 3.26. The van der Waals surface area contributed by atoms with Crippen molar-refractivity contribution < 1.29 is 27.8 Å². The Morgan fingerprint density at radius 2 is 2.20 bits per heavy atom. The Balaban J connectivity index is 1.91. The van der Waals surface area contributed by atoms with Crippen LogP contribution in [-0.2, 0) is 4.74 Å². The molecular weight excluding hydrogens is 273 g/mol. The van der Waals surface area contributed by atoms with E-state index in [-0.39, 0.29) is 11.9 Å². The minimum absolute atomic E-state index is 0.152. The van der Waals surface area contributed by atoms with Crippen LogP contribution in [-0.4, -0.2) is 24.2 Å². The standard InChI is InChI=1S/C14H17F3O3/c15-14(16,17)20-12-4-1-3-10(9-12)13(18)7-6-11-5-2-8-19-11/h1,3-4,9,11,13,18H,2,5-8H2. The molecule has 1 aliphatic heterocycles. The Morgan fingerprint density at radius 1 is 1.40 bits per heavy atom. The van der Waals surface area contributed by atoms with Gasteiger partial charge < -0.3 is 14.6 Å². The molecule has 3 nitrogen and oxygen atoms in total. The summed E-state index contributed by atoms with van der Waals surface area (Å²) < 4.78 is 45.7. The molecule has 2 atom stereocenters. The van der Waals surface area contributed by atoms with Gasteiger partial charge in [0.25, 0.3) is 0 Å². The second kappa shape index (κ2) is 6.45. The minimum Gasteiger partial charge on any atom is -0.406 e. The van der Waals surface area contributed by atoms with E-state index in [0.29, 0.717) is 18.4 Å². The number of ether oxygens (including phenoxy) is 2. The molecule has 6 heteroatoms. The molecule has 1 N–H and O–H groups in total. The number of aliphatic hydroxyl groups is 1. The van der Waals surface area contributed by atoms with E-state index in [9.17, 15) is 18.3 Å². The third-order valence-electron chi connectivity index (χ3n) is 3.26. The summed E-state index contributed by atoms with van der Waals surface area (Å²) in [7, 11) is 0. The summed E-state index contributed by atoms with van der Waals surface area (Å²) in [5.41, 5.74) is 0.421. The molecule has 1 saturated heterocycles. The van der Waals surface area contributed by atoms with Crippen molar-refractivity contribution in [3.8, 4) is 5.75 Å². The third kappa shape index (κ3) is 4.68. The topological polar surface area (TPSA) is 38.7 Å². The number of benzene rings is 1. The van der Waals surface area contributed by atoms with Crippen molar-refractivity contribution in [2.24, 2.45) is 0 Å². The fourth-order valence-corrected chi connectivity index (χ4v) is 2.30. The summed E-state index contributed by atoms with van der Waals surface area (Å²) in [6.45, 7) is 0.746. The number of hydrogen-bond donors (Lipinski definition) is 1. The Morgan fingerprint density at radius 3 is 2.85 bits per heavy atom. The van der Waals surface area contributed by atoms with Gasteiger partial charge in [0.15, 0.2) is 0 Å². The van der Waals surface area contributed by atoms with Gasteiger partial charge in [0, 0.05) is 6.61 Å². The Labute approximate surface area is 115 Å². The molecule has 0 aliphatic carbocycles. The van der Waals surface area contributed by atoms with Crippen molar-refractivity contribution >= 4 is 0 Å². The average molecular weight is 290 g/mol. The first kappa shape index (κ1) is 15.1. The zero-order valence-electron chi connectivity index (χ0n) is 10.9. The maximum atomic E-state index is 12.1. The highest BCUT2D eigenvalue weighted by Gasteiger charge is 2.31. The van der Waals surface area contributed by atoms with Crippen molar-refractivity contribution in [3.63, 3.8) is 0 Å². The van der Waals surface area contributed by atoms with Gasteiger partial charge in [-0.1, -0.05) is 12.1 Å². The molecule has 1 fully saturated rings. The van der Waals surface area contributed by atoms with Gasteiger partial charge in [-0.3, -0.25) is 0 Å². The molecule has 20 heavy (non-hydrogen) atoms. The van der Waals surface area contributed by atoms with Gasteiger partial charge >= 0.3 is 6.36 Å². The zero-order valence-corrected chi connectivity index (χ0v) is 10.9. The number of rotatable bonds is 5. The van der Waals surface area contributed by atoms with Crippen LogP contribution in [0, 0.1) is 0 Å². The van der Waals surface area contributed by atoms with E-state index in [1.165, 1.54) is 18.2 Å². The summed E-state index contributed by atoms with van der Waals surface area (Å²) in [5, 5.41) is 10.0. The van der Waals surface area contributed by atoms with Crippen LogP contribution in [0.15, 0.2) is 24.3 Å². The number of halogens is 3. The first-order valence-electron chi connectivity index (χ1n) is 6.59. The fraction of sp³-hybridized carbons (Fsp3) is 0.571. The quantitative estimate of drug-likeness (QED) is 0.901. The molecule has 0 aromatic heterocycles. The van der Waals surface area contributed by atoms with Crippen molar-refractivity contribution in [2.75, 3.05) is 6.61 Å². The van der Waals surface area contributed by atoms with Crippen LogP contribution in [0.1, 0.15) is 37.4 Å². The van der Waals surface area contributed by atoms with Crippen LogP contribution >= 0.6 is 0 Å². The molecule has 1 heterocycles. The molecule has 0 amide bonds. The molecule has 1 aromatic rings. The van der Waals surface area contributed by atoms with E-state index >= 15 is 0 Å². The molecule has 2 unspecified atom stereocenters. The van der Waals surface area contributed by atoms with E-state index in [2.05, 4.69) is 4.74 Å². The summed E-state index contributed by atoms with van der Waals surface area (Å²) in [5.74, 6) is -0.314. The van der Waals surface area contributed by atoms with Gasteiger partial charge in [0.1, 0.15) is 5.75 Å². The highest BCUT2D eigenvalue weighted by Crippen LogP contribution is 2.28. The molecule has 0 radical (unpaired) electrons. The lowest BCUT2D eigenvalue weighted by Crippen LogP contribution is -2.17. The molecule has 0 bridgehead atoms. The summed E-state index contributed by atoms with van der Waals surface area (Å²) >= 11 is 0. The molecule has 0 spiro atoms. The highest BCUT2D eigenvalue weighted by atomic mass is 19.4. The van der Waals surface area contributed by atoms with E-state index < -0.39 is 12.5 Å². The normalized spacial score (nSPS) is 20.9. The van der Waals surface area contributed by atoms with Gasteiger partial charge in [0.05, 0.1) is 12.2 Å². The Bertz CT molecular complexity index is 428. The molecule has 112 valence electrons. The van der Waals surface area contributed by atoms with Gasteiger partial charge in [-0.2, -0.15) is 0 Å². The average Bonchev–Trinajstić information content (AvgIpc) is 2.87. The Hall–Kier alpha value is -1.27. The zero-order chi connectivity index (χ0) is 14.6. The van der Waals surface area contributed by atoms with Crippen LogP contribution < -0.4 is 4.74 Å². The summed E-state index contributed by atoms with van der Waals surface area (Å²) in [6.07, 6.45) is -2.22. The van der Waals surface area contributed by atoms with Crippen molar-refractivity contribution in [2.45, 2.75) is 44.3 Å². The first-order chi connectivity index (χ1) is 9.44. The summed E-state index contributed by atoms with van der Waals surface area (Å²) in [6, 6.07) is 5.45. The predicted octanol–water partition coefficient (Wildman–Crippen LogP) is 3.58. The van der Waals surface area contributed by atoms with Gasteiger partial charge in [0.2, 0.25) is 0 Å². The lowest BCUT2D eigenvalue weighted by Gasteiger charge is -2.15. The number of aliphatic hydroxyl groups excluding tert-OH is 1. The van der Waals surface area contributed by atoms with E-state index in [4.69, 9.17) is 4.74 Å². The molecule has 2 rings (SSSR count). The second-order valence-corrected chi connectivity index (χ2v) is 4.85. The molecule has 1 aliphatic rings. The van der Waals surface area contributed by atoms with Crippen LogP contribution in [0.2, 0.25) is 0 Å². The first-order valence-corrected chi connectivity index (χ1v) is 6.59. The van der Waals surface area contributed by atoms with Gasteiger partial charge in [-0.05, 0) is 43.4 Å². The summed E-state index contributed by atoms with van der Waals surface area (Å²) in [4.78, 5) is 0. The van der Waals surface area contributed by atoms with Crippen molar-refractivity contribution in [1.29, 1.82) is 0 Å². The number of alkyl halides is 3. The van der Waals surface area contributed by atoms with Crippen LogP contribution in [0.25, 0.3) is 0 Å². The largest absolute Gasteiger partial charge is 0.573 e. The monoisotopic (exact) mass is 290 g/mol. The fourth-order valence-electron chi connectivity index (χ4n) is 2.30. The van der Waals surface area contributed by atoms with Crippen molar-refractivity contribution in [3.05, 3.63) is 29.8 Å². The maximum Gasteiger partial charge on any atom is 0.573 e. The minimum atomic E-state index is -4.72. The van der Waals surface area contributed by atoms with E-state index in [1.807, 2.05) is 0 Å². The van der Waals surface area contributed by atoms with Crippen LogP contribution in [0.5, 0.6) is 5.75 Å². The van der Waals surface area contributed by atoms with E-state index in [1.54, 1.807) is 6.07 Å².